The van der Waals surface area contributed by atoms with Crippen molar-refractivity contribution in [2.24, 2.45) is 0 Å². The summed E-state index contributed by atoms with van der Waals surface area (Å²) in [5.41, 5.74) is 4.80. The number of halogens is 1. The summed E-state index contributed by atoms with van der Waals surface area (Å²) in [6, 6.07) is 38.8. The quantitative estimate of drug-likeness (QED) is 0.357. The van der Waals surface area contributed by atoms with Gasteiger partial charge in [0.15, 0.2) is 0 Å². The molecule has 0 atom stereocenters. The van der Waals surface area contributed by atoms with E-state index in [1.54, 1.807) is 0 Å². The molecule has 0 aliphatic carbocycles. The summed E-state index contributed by atoms with van der Waals surface area (Å²) in [7, 11) is 0. The van der Waals surface area contributed by atoms with E-state index in [1.807, 2.05) is 54.6 Å². The lowest BCUT2D eigenvalue weighted by Gasteiger charge is -2.02. The van der Waals surface area contributed by atoms with Gasteiger partial charge in [0.2, 0.25) is 0 Å². The third kappa shape index (κ3) is 4.82. The van der Waals surface area contributed by atoms with Crippen molar-refractivity contribution in [3.63, 3.8) is 0 Å². The number of benzene rings is 4. The Kier molecular flexibility index (Phi) is 6.03. The van der Waals surface area contributed by atoms with Crippen LogP contribution >= 0.6 is 11.6 Å². The predicted molar refractivity (Wildman–Crippen MR) is 109 cm³/mol. The van der Waals surface area contributed by atoms with Crippen LogP contribution in [0, 0.1) is 0 Å². The molecule has 0 saturated heterocycles. The Morgan fingerprint density at radius 2 is 0.720 bits per heavy atom. The fraction of sp³-hybridized carbons (Fsp3) is 0. The van der Waals surface area contributed by atoms with E-state index in [2.05, 4.69) is 60.7 Å². The maximum Gasteiger partial charge on any atom is 0.0484 e. The summed E-state index contributed by atoms with van der Waals surface area (Å²) in [4.78, 5) is 0. The molecule has 0 radical (unpaired) electrons. The van der Waals surface area contributed by atoms with Crippen LogP contribution in [0.3, 0.4) is 0 Å². The van der Waals surface area contributed by atoms with Gasteiger partial charge in [-0.25, -0.2) is 0 Å². The molecule has 0 unspecified atom stereocenters. The molecule has 0 fully saturated rings. The van der Waals surface area contributed by atoms with Crippen LogP contribution in [0.4, 0.5) is 0 Å². The molecule has 0 nitrogen and oxygen atoms in total. The highest BCUT2D eigenvalue weighted by atomic mass is 35.5. The van der Waals surface area contributed by atoms with Gasteiger partial charge >= 0.3 is 0 Å². The molecule has 0 N–H and O–H groups in total. The second-order valence-corrected chi connectivity index (χ2v) is 5.99. The second kappa shape index (κ2) is 8.86. The monoisotopic (exact) mass is 342 g/mol. The average molecular weight is 343 g/mol. The minimum Gasteiger partial charge on any atom is -0.0837 e. The third-order valence-corrected chi connectivity index (χ3v) is 4.17. The lowest BCUT2D eigenvalue weighted by atomic mass is 10.1. The molecule has 0 saturated carbocycles. The Morgan fingerprint density at radius 1 is 0.360 bits per heavy atom. The molecule has 4 aromatic carbocycles. The van der Waals surface area contributed by atoms with Gasteiger partial charge in [-0.2, -0.15) is 0 Å². The van der Waals surface area contributed by atoms with E-state index in [4.69, 9.17) is 11.6 Å². The lowest BCUT2D eigenvalue weighted by molar-refractivity contribution is 1.62. The van der Waals surface area contributed by atoms with Crippen molar-refractivity contribution in [3.8, 4) is 22.3 Å². The van der Waals surface area contributed by atoms with Gasteiger partial charge in [-0.1, -0.05) is 121 Å². The van der Waals surface area contributed by atoms with Crippen LogP contribution in [-0.2, 0) is 0 Å². The highest BCUT2D eigenvalue weighted by Crippen LogP contribution is 2.26. The van der Waals surface area contributed by atoms with Crippen LogP contribution in [0.5, 0.6) is 0 Å². The zero-order chi connectivity index (χ0) is 17.3. The molecule has 1 heteroatoms. The first kappa shape index (κ1) is 17.0. The smallest absolute Gasteiger partial charge is 0.0484 e. The maximum absolute atomic E-state index is 6.06. The first-order chi connectivity index (χ1) is 12.3. The van der Waals surface area contributed by atoms with E-state index < -0.39 is 0 Å². The van der Waals surface area contributed by atoms with E-state index in [-0.39, 0.29) is 0 Å². The van der Waals surface area contributed by atoms with Gasteiger partial charge in [0, 0.05) is 10.6 Å². The average Bonchev–Trinajstić information content (AvgIpc) is 2.71. The minimum absolute atomic E-state index is 0.800. The summed E-state index contributed by atoms with van der Waals surface area (Å²) in [5.74, 6) is 0. The summed E-state index contributed by atoms with van der Waals surface area (Å²) in [5, 5.41) is 0.800. The topological polar surface area (TPSA) is 0 Å². The molecular formula is C24H19Cl. The molecule has 0 amide bonds. The molecule has 4 aromatic rings. The van der Waals surface area contributed by atoms with Crippen LogP contribution in [-0.4, -0.2) is 0 Å². The highest BCUT2D eigenvalue weighted by Gasteiger charge is 1.99. The van der Waals surface area contributed by atoms with E-state index in [0.717, 1.165) is 16.1 Å². The van der Waals surface area contributed by atoms with Crippen LogP contribution in [0.25, 0.3) is 22.3 Å². The Labute approximate surface area is 154 Å². The molecule has 0 bridgehead atoms. The second-order valence-electron chi connectivity index (χ2n) is 5.58. The van der Waals surface area contributed by atoms with E-state index in [1.165, 1.54) is 11.1 Å². The number of hydrogen-bond acceptors (Lipinski definition) is 0. The van der Waals surface area contributed by atoms with Gasteiger partial charge in [-0.15, -0.1) is 0 Å². The highest BCUT2D eigenvalue weighted by molar-refractivity contribution is 6.33. The van der Waals surface area contributed by atoms with E-state index in [0.29, 0.717) is 0 Å². The zero-order valence-corrected chi connectivity index (χ0v) is 14.6. The summed E-state index contributed by atoms with van der Waals surface area (Å²) >= 11 is 6.06. The molecular weight excluding hydrogens is 324 g/mol. The fourth-order valence-electron chi connectivity index (χ4n) is 2.57. The van der Waals surface area contributed by atoms with Gasteiger partial charge in [0.05, 0.1) is 0 Å². The van der Waals surface area contributed by atoms with Gasteiger partial charge in [0.1, 0.15) is 0 Å². The lowest BCUT2D eigenvalue weighted by Crippen LogP contribution is -1.77. The first-order valence-corrected chi connectivity index (χ1v) is 8.63. The molecule has 25 heavy (non-hydrogen) atoms. The van der Waals surface area contributed by atoms with Gasteiger partial charge in [0.25, 0.3) is 0 Å². The largest absolute Gasteiger partial charge is 0.0837 e. The van der Waals surface area contributed by atoms with Crippen molar-refractivity contribution in [3.05, 3.63) is 120 Å². The molecule has 0 spiro atoms. The number of rotatable bonds is 2. The normalized spacial score (nSPS) is 9.80. The van der Waals surface area contributed by atoms with Crippen LogP contribution in [0.1, 0.15) is 0 Å². The molecule has 0 aliphatic heterocycles. The predicted octanol–water partition coefficient (Wildman–Crippen LogP) is 7.36. The van der Waals surface area contributed by atoms with E-state index in [9.17, 15) is 0 Å². The van der Waals surface area contributed by atoms with Crippen LogP contribution in [0.15, 0.2) is 115 Å². The summed E-state index contributed by atoms with van der Waals surface area (Å²) in [6.07, 6.45) is 0. The van der Waals surface area contributed by atoms with Crippen molar-refractivity contribution in [2.75, 3.05) is 0 Å². The van der Waals surface area contributed by atoms with Crippen molar-refractivity contribution in [2.45, 2.75) is 0 Å². The first-order valence-electron chi connectivity index (χ1n) is 8.25. The molecule has 0 heterocycles. The SMILES string of the molecule is Clc1ccccc1-c1ccccc1.c1ccc(-c2ccccc2)cc1. The molecule has 0 aliphatic rings. The van der Waals surface area contributed by atoms with Crippen molar-refractivity contribution in [1.82, 2.24) is 0 Å². The summed E-state index contributed by atoms with van der Waals surface area (Å²) < 4.78 is 0. The van der Waals surface area contributed by atoms with E-state index >= 15 is 0 Å². The standard InChI is InChI=1S/C12H9Cl.C12H10/c13-12-9-5-4-8-11(12)10-6-2-1-3-7-10;1-3-7-11(8-4-1)12-9-5-2-6-10-12/h1-9H;1-10H. The van der Waals surface area contributed by atoms with Crippen molar-refractivity contribution < 1.29 is 0 Å². The van der Waals surface area contributed by atoms with Gasteiger partial charge < -0.3 is 0 Å². The number of hydrogen-bond donors (Lipinski definition) is 0. The minimum atomic E-state index is 0.800. The Balaban J connectivity index is 0.000000146. The Morgan fingerprint density at radius 3 is 1.16 bits per heavy atom. The van der Waals surface area contributed by atoms with Crippen molar-refractivity contribution >= 4 is 11.6 Å². The Bertz CT molecular complexity index is 847. The molecule has 122 valence electrons. The van der Waals surface area contributed by atoms with Crippen molar-refractivity contribution in [1.29, 1.82) is 0 Å². The third-order valence-electron chi connectivity index (χ3n) is 3.84. The maximum atomic E-state index is 6.06. The Hall–Kier alpha value is -2.83. The molecule has 4 rings (SSSR count). The molecule has 0 aromatic heterocycles. The van der Waals surface area contributed by atoms with Crippen LogP contribution in [0.2, 0.25) is 5.02 Å². The zero-order valence-electron chi connectivity index (χ0n) is 13.8. The van der Waals surface area contributed by atoms with Gasteiger partial charge in [-0.3, -0.25) is 0 Å². The van der Waals surface area contributed by atoms with Gasteiger partial charge in [-0.05, 0) is 22.8 Å². The van der Waals surface area contributed by atoms with Crippen LogP contribution < -0.4 is 0 Å². The fourth-order valence-corrected chi connectivity index (χ4v) is 2.82. The summed E-state index contributed by atoms with van der Waals surface area (Å²) in [6.45, 7) is 0.